The minimum atomic E-state index is -4.36. The topological polar surface area (TPSA) is 21.3 Å². The highest BCUT2D eigenvalue weighted by molar-refractivity contribution is 9.10. The molecule has 0 amide bonds. The van der Waals surface area contributed by atoms with Crippen molar-refractivity contribution in [2.45, 2.75) is 45.2 Å². The van der Waals surface area contributed by atoms with Crippen molar-refractivity contribution in [2.75, 3.05) is 6.54 Å². The van der Waals surface area contributed by atoms with Gasteiger partial charge in [0, 0.05) is 17.1 Å². The van der Waals surface area contributed by atoms with E-state index in [1.54, 1.807) is 18.2 Å². The Labute approximate surface area is 125 Å². The van der Waals surface area contributed by atoms with Crippen molar-refractivity contribution < 1.29 is 17.9 Å². The molecule has 114 valence electrons. The van der Waals surface area contributed by atoms with Crippen LogP contribution in [0, 0.1) is 0 Å². The maximum absolute atomic E-state index is 12.6. The zero-order valence-electron chi connectivity index (χ0n) is 11.7. The van der Waals surface area contributed by atoms with Gasteiger partial charge in [0.25, 0.3) is 0 Å². The minimum absolute atomic E-state index is 0.175. The summed E-state index contributed by atoms with van der Waals surface area (Å²) in [5.74, 6) is 0. The molecule has 2 atom stereocenters. The Bertz CT molecular complexity index is 423. The Morgan fingerprint density at radius 3 is 2.40 bits per heavy atom. The van der Waals surface area contributed by atoms with Crippen LogP contribution in [0.1, 0.15) is 32.4 Å². The van der Waals surface area contributed by atoms with Crippen LogP contribution in [0.3, 0.4) is 0 Å². The molecule has 1 rings (SSSR count). The molecular formula is C14H19BrF3NO. The molecule has 2 nitrogen and oxygen atoms in total. The SMILES string of the molecule is CC(C)NCC(OC(C)C(F)(F)F)c1cccc(Br)c1. The molecule has 0 aliphatic rings. The van der Waals surface area contributed by atoms with Crippen LogP contribution >= 0.6 is 15.9 Å². The van der Waals surface area contributed by atoms with E-state index in [4.69, 9.17) is 4.74 Å². The number of hydrogen-bond acceptors (Lipinski definition) is 2. The third-order valence-corrected chi connectivity index (χ3v) is 3.25. The second kappa shape index (κ2) is 7.43. The predicted octanol–water partition coefficient (Wildman–Crippen LogP) is 4.46. The van der Waals surface area contributed by atoms with E-state index >= 15 is 0 Å². The zero-order valence-corrected chi connectivity index (χ0v) is 13.3. The molecule has 0 heterocycles. The van der Waals surface area contributed by atoms with E-state index in [-0.39, 0.29) is 6.04 Å². The second-order valence-corrected chi connectivity index (χ2v) is 5.84. The Balaban J connectivity index is 2.85. The quantitative estimate of drug-likeness (QED) is 0.815. The fourth-order valence-corrected chi connectivity index (χ4v) is 2.03. The normalized spacial score (nSPS) is 15.4. The molecule has 0 aromatic heterocycles. The van der Waals surface area contributed by atoms with Crippen LogP contribution in [0.2, 0.25) is 0 Å². The van der Waals surface area contributed by atoms with Crippen molar-refractivity contribution in [1.29, 1.82) is 0 Å². The smallest absolute Gasteiger partial charge is 0.360 e. The van der Waals surface area contributed by atoms with E-state index in [0.717, 1.165) is 11.4 Å². The Hall–Kier alpha value is -0.590. The fraction of sp³-hybridized carbons (Fsp3) is 0.571. The molecule has 1 aromatic rings. The van der Waals surface area contributed by atoms with Crippen LogP contribution in [0.25, 0.3) is 0 Å². The van der Waals surface area contributed by atoms with Crippen molar-refractivity contribution >= 4 is 15.9 Å². The van der Waals surface area contributed by atoms with Gasteiger partial charge in [0.1, 0.15) is 0 Å². The minimum Gasteiger partial charge on any atom is -0.360 e. The summed E-state index contributed by atoms with van der Waals surface area (Å²) in [5, 5.41) is 3.11. The van der Waals surface area contributed by atoms with Gasteiger partial charge in [-0.25, -0.2) is 0 Å². The summed E-state index contributed by atoms with van der Waals surface area (Å²) < 4.78 is 44.0. The largest absolute Gasteiger partial charge is 0.414 e. The molecule has 0 fully saturated rings. The van der Waals surface area contributed by atoms with Crippen LogP contribution in [0.4, 0.5) is 13.2 Å². The lowest BCUT2D eigenvalue weighted by Gasteiger charge is -2.25. The number of nitrogens with one attached hydrogen (secondary N) is 1. The molecule has 0 aliphatic carbocycles. The molecule has 2 unspecified atom stereocenters. The maximum atomic E-state index is 12.6. The molecule has 0 bridgehead atoms. The van der Waals surface area contributed by atoms with Gasteiger partial charge in [-0.2, -0.15) is 13.2 Å². The first-order valence-electron chi connectivity index (χ1n) is 6.41. The van der Waals surface area contributed by atoms with Gasteiger partial charge in [0.15, 0.2) is 6.10 Å². The summed E-state index contributed by atoms with van der Waals surface area (Å²) in [6.45, 7) is 5.23. The Morgan fingerprint density at radius 2 is 1.90 bits per heavy atom. The lowest BCUT2D eigenvalue weighted by Crippen LogP contribution is -2.35. The van der Waals surface area contributed by atoms with Crippen LogP contribution in [0.5, 0.6) is 0 Å². The van der Waals surface area contributed by atoms with Gasteiger partial charge in [-0.05, 0) is 24.6 Å². The van der Waals surface area contributed by atoms with Gasteiger partial charge in [-0.1, -0.05) is 41.9 Å². The highest BCUT2D eigenvalue weighted by atomic mass is 79.9. The summed E-state index contributed by atoms with van der Waals surface area (Å²) in [4.78, 5) is 0. The molecule has 0 saturated heterocycles. The van der Waals surface area contributed by atoms with E-state index in [1.165, 1.54) is 0 Å². The van der Waals surface area contributed by atoms with E-state index in [2.05, 4.69) is 21.2 Å². The summed E-state index contributed by atoms with van der Waals surface area (Å²) in [6.07, 6.45) is -6.81. The third-order valence-electron chi connectivity index (χ3n) is 2.76. The first-order chi connectivity index (χ1) is 9.20. The van der Waals surface area contributed by atoms with Crippen LogP contribution in [0.15, 0.2) is 28.7 Å². The molecule has 0 radical (unpaired) electrons. The van der Waals surface area contributed by atoms with Gasteiger partial charge in [0.05, 0.1) is 6.10 Å². The van der Waals surface area contributed by atoms with E-state index in [9.17, 15) is 13.2 Å². The zero-order chi connectivity index (χ0) is 15.3. The molecule has 1 N–H and O–H groups in total. The predicted molar refractivity (Wildman–Crippen MR) is 76.6 cm³/mol. The van der Waals surface area contributed by atoms with Crippen molar-refractivity contribution in [1.82, 2.24) is 5.32 Å². The number of hydrogen-bond donors (Lipinski definition) is 1. The summed E-state index contributed by atoms with van der Waals surface area (Å²) in [5.41, 5.74) is 0.712. The van der Waals surface area contributed by atoms with Crippen molar-refractivity contribution in [3.8, 4) is 0 Å². The first-order valence-corrected chi connectivity index (χ1v) is 7.20. The van der Waals surface area contributed by atoms with Crippen molar-refractivity contribution in [3.05, 3.63) is 34.3 Å². The lowest BCUT2D eigenvalue weighted by atomic mass is 10.1. The number of benzene rings is 1. The average Bonchev–Trinajstić information content (AvgIpc) is 2.32. The highest BCUT2D eigenvalue weighted by Crippen LogP contribution is 2.29. The molecule has 6 heteroatoms. The molecule has 0 spiro atoms. The number of halogens is 4. The van der Waals surface area contributed by atoms with Crippen molar-refractivity contribution in [3.63, 3.8) is 0 Å². The van der Waals surface area contributed by atoms with Crippen LogP contribution < -0.4 is 5.32 Å². The van der Waals surface area contributed by atoms with E-state index in [1.807, 2.05) is 19.9 Å². The molecule has 20 heavy (non-hydrogen) atoms. The van der Waals surface area contributed by atoms with Gasteiger partial charge >= 0.3 is 6.18 Å². The van der Waals surface area contributed by atoms with E-state index in [0.29, 0.717) is 12.1 Å². The lowest BCUT2D eigenvalue weighted by molar-refractivity contribution is -0.227. The Kier molecular flexibility index (Phi) is 6.48. The summed E-state index contributed by atoms with van der Waals surface area (Å²) in [7, 11) is 0. The first kappa shape index (κ1) is 17.5. The van der Waals surface area contributed by atoms with Gasteiger partial charge in [-0.15, -0.1) is 0 Å². The molecule has 1 aromatic carbocycles. The number of ether oxygens (including phenoxy) is 1. The van der Waals surface area contributed by atoms with E-state index < -0.39 is 18.4 Å². The van der Waals surface area contributed by atoms with Crippen LogP contribution in [-0.4, -0.2) is 24.9 Å². The monoisotopic (exact) mass is 353 g/mol. The molecule has 0 aliphatic heterocycles. The maximum Gasteiger partial charge on any atom is 0.414 e. The number of rotatable bonds is 6. The summed E-state index contributed by atoms with van der Waals surface area (Å²) in [6, 6.07) is 7.32. The third kappa shape index (κ3) is 5.81. The van der Waals surface area contributed by atoms with Crippen LogP contribution in [-0.2, 0) is 4.74 Å². The molecule has 0 saturated carbocycles. The standard InChI is InChI=1S/C14H19BrF3NO/c1-9(2)19-8-13(20-10(3)14(16,17)18)11-5-4-6-12(15)7-11/h4-7,9-10,13,19H,8H2,1-3H3. The Morgan fingerprint density at radius 1 is 1.25 bits per heavy atom. The number of alkyl halides is 3. The van der Waals surface area contributed by atoms with Gasteiger partial charge in [0.2, 0.25) is 0 Å². The highest BCUT2D eigenvalue weighted by Gasteiger charge is 2.38. The average molecular weight is 354 g/mol. The second-order valence-electron chi connectivity index (χ2n) is 4.93. The molecular weight excluding hydrogens is 335 g/mol. The van der Waals surface area contributed by atoms with Gasteiger partial charge in [-0.3, -0.25) is 0 Å². The fourth-order valence-electron chi connectivity index (χ4n) is 1.62. The summed E-state index contributed by atoms with van der Waals surface area (Å²) >= 11 is 3.32. The van der Waals surface area contributed by atoms with Crippen molar-refractivity contribution in [2.24, 2.45) is 0 Å². The van der Waals surface area contributed by atoms with Gasteiger partial charge < -0.3 is 10.1 Å².